The second-order valence-electron chi connectivity index (χ2n) is 8.81. The van der Waals surface area contributed by atoms with E-state index >= 15 is 4.39 Å². The highest BCUT2D eigenvalue weighted by Crippen LogP contribution is 2.49. The van der Waals surface area contributed by atoms with Crippen molar-refractivity contribution < 1.29 is 23.8 Å². The van der Waals surface area contributed by atoms with Crippen LogP contribution in [0, 0.1) is 11.7 Å². The van der Waals surface area contributed by atoms with Crippen molar-refractivity contribution in [3.63, 3.8) is 0 Å². The Kier molecular flexibility index (Phi) is 7.15. The van der Waals surface area contributed by atoms with E-state index in [1.807, 2.05) is 6.92 Å². The van der Waals surface area contributed by atoms with Crippen LogP contribution in [-0.2, 0) is 4.79 Å². The fraction of sp³-hybridized carbons (Fsp3) is 0.269. The first-order valence-electron chi connectivity index (χ1n) is 11.7. The summed E-state index contributed by atoms with van der Waals surface area (Å²) >= 11 is 12.3. The minimum absolute atomic E-state index is 0.0408. The van der Waals surface area contributed by atoms with Crippen molar-refractivity contribution in [1.82, 2.24) is 15.4 Å². The Labute approximate surface area is 228 Å². The number of nitrogens with zero attached hydrogens (tertiary/aromatic N) is 4. The Morgan fingerprint density at radius 2 is 1.87 bits per heavy atom. The van der Waals surface area contributed by atoms with Gasteiger partial charge in [0, 0.05) is 22.2 Å². The molecule has 2 N–H and O–H groups in total. The zero-order valence-electron chi connectivity index (χ0n) is 20.7. The summed E-state index contributed by atoms with van der Waals surface area (Å²) in [6, 6.07) is 9.99. The number of fused-ring (bicyclic) bond motifs is 1. The largest absolute Gasteiger partial charge is 0.479 e. The third-order valence-electron chi connectivity index (χ3n) is 6.59. The van der Waals surface area contributed by atoms with Crippen LogP contribution in [0.25, 0.3) is 0 Å². The van der Waals surface area contributed by atoms with Crippen molar-refractivity contribution in [3.8, 4) is 11.9 Å². The van der Waals surface area contributed by atoms with Crippen LogP contribution in [0.3, 0.4) is 0 Å². The number of aliphatic hydroxyl groups is 1. The third-order valence-corrected chi connectivity index (χ3v) is 7.13. The highest BCUT2D eigenvalue weighted by Gasteiger charge is 2.53. The van der Waals surface area contributed by atoms with E-state index in [4.69, 9.17) is 32.7 Å². The fourth-order valence-electron chi connectivity index (χ4n) is 4.88. The Hall–Kier alpha value is -3.44. The average molecular weight is 560 g/mol. The van der Waals surface area contributed by atoms with Gasteiger partial charge in [-0.3, -0.25) is 14.7 Å². The Morgan fingerprint density at radius 1 is 1.13 bits per heavy atom. The number of ether oxygens (including phenoxy) is 2. The summed E-state index contributed by atoms with van der Waals surface area (Å²) < 4.78 is 25.9. The van der Waals surface area contributed by atoms with E-state index in [0.29, 0.717) is 27.5 Å². The molecular formula is C26H24Cl2FN5O4. The number of anilines is 2. The van der Waals surface area contributed by atoms with Crippen molar-refractivity contribution in [2.75, 3.05) is 30.7 Å². The molecule has 1 aromatic heterocycles. The topological polar surface area (TPSA) is 100 Å². The highest BCUT2D eigenvalue weighted by atomic mass is 35.5. The number of amides is 1. The summed E-state index contributed by atoms with van der Waals surface area (Å²) in [5.74, 6) is -1.36. The molecule has 38 heavy (non-hydrogen) atoms. The lowest BCUT2D eigenvalue weighted by atomic mass is 9.92. The van der Waals surface area contributed by atoms with Gasteiger partial charge in [-0.05, 0) is 29.8 Å². The van der Waals surface area contributed by atoms with E-state index in [2.05, 4.69) is 15.4 Å². The molecule has 1 amide bonds. The van der Waals surface area contributed by atoms with Gasteiger partial charge in [-0.2, -0.15) is 4.98 Å². The number of aliphatic hydroxyl groups excluding tert-OH is 1. The van der Waals surface area contributed by atoms with Crippen molar-refractivity contribution in [2.45, 2.75) is 19.0 Å². The van der Waals surface area contributed by atoms with E-state index in [9.17, 15) is 9.90 Å². The lowest BCUT2D eigenvalue weighted by Crippen LogP contribution is -2.45. The summed E-state index contributed by atoms with van der Waals surface area (Å²) in [4.78, 5) is 23.9. The number of nitrogens with one attached hydrogen (secondary N) is 1. The maximum atomic E-state index is 15.3. The van der Waals surface area contributed by atoms with E-state index in [-0.39, 0.29) is 29.2 Å². The van der Waals surface area contributed by atoms with Crippen LogP contribution in [0.4, 0.5) is 15.8 Å². The maximum absolute atomic E-state index is 15.3. The summed E-state index contributed by atoms with van der Waals surface area (Å²) in [5.41, 5.74) is 5.60. The first-order chi connectivity index (χ1) is 18.3. The predicted molar refractivity (Wildman–Crippen MR) is 141 cm³/mol. The number of hydrogen-bond acceptors (Lipinski definition) is 8. The summed E-state index contributed by atoms with van der Waals surface area (Å²) in [7, 11) is 2.89. The molecule has 0 saturated carbocycles. The van der Waals surface area contributed by atoms with Gasteiger partial charge in [0.15, 0.2) is 5.82 Å². The normalized spacial score (nSPS) is 19.7. The van der Waals surface area contributed by atoms with Gasteiger partial charge in [-0.25, -0.2) is 14.8 Å². The van der Waals surface area contributed by atoms with Crippen molar-refractivity contribution in [2.24, 2.45) is 5.92 Å². The fourth-order valence-corrected chi connectivity index (χ4v) is 5.18. The van der Waals surface area contributed by atoms with Crippen LogP contribution in [0.5, 0.6) is 11.9 Å². The van der Waals surface area contributed by atoms with Gasteiger partial charge in [0.2, 0.25) is 5.88 Å². The summed E-state index contributed by atoms with van der Waals surface area (Å²) in [6.07, 6.45) is 1.50. The third kappa shape index (κ3) is 4.23. The quantitative estimate of drug-likeness (QED) is 0.442. The Morgan fingerprint density at radius 3 is 2.53 bits per heavy atom. The molecule has 3 heterocycles. The molecule has 1 fully saturated rings. The minimum Gasteiger partial charge on any atom is -0.479 e. The molecule has 3 aromatic rings. The predicted octanol–water partition coefficient (Wildman–Crippen LogP) is 4.30. The summed E-state index contributed by atoms with van der Waals surface area (Å²) in [5, 5.41) is 12.3. The highest BCUT2D eigenvalue weighted by molar-refractivity contribution is 6.31. The molecule has 0 bridgehead atoms. The molecule has 9 nitrogen and oxygen atoms in total. The number of halogens is 3. The van der Waals surface area contributed by atoms with Crippen molar-refractivity contribution in [1.29, 1.82) is 0 Å². The Balaban J connectivity index is 1.75. The molecule has 0 spiro atoms. The van der Waals surface area contributed by atoms with E-state index < -0.39 is 29.7 Å². The lowest BCUT2D eigenvalue weighted by Gasteiger charge is -2.32. The SMILES string of the molecule is COc1ncc(N2N[C@@H]3C(=O)N(c4cccc(Cl)c4F)C(c4ccc(Cl)cc4)C3=C2C(C)CO)c(OC)n1. The first kappa shape index (κ1) is 26.2. The van der Waals surface area contributed by atoms with Gasteiger partial charge in [-0.15, -0.1) is 0 Å². The molecule has 5 rings (SSSR count). The number of hydrazine groups is 1. The molecule has 0 radical (unpaired) electrons. The van der Waals surface area contributed by atoms with Gasteiger partial charge in [-0.1, -0.05) is 48.3 Å². The van der Waals surface area contributed by atoms with Crippen LogP contribution in [0.15, 0.2) is 59.9 Å². The Bertz CT molecular complexity index is 1420. The second kappa shape index (κ2) is 10.4. The van der Waals surface area contributed by atoms with E-state index in [1.54, 1.807) is 35.3 Å². The van der Waals surface area contributed by atoms with Crippen molar-refractivity contribution >= 4 is 40.5 Å². The number of methoxy groups -OCH3 is 2. The summed E-state index contributed by atoms with van der Waals surface area (Å²) in [6.45, 7) is 1.60. The molecule has 2 aliphatic heterocycles. The number of carbonyl (C=O) groups excluding carboxylic acids is 1. The van der Waals surface area contributed by atoms with Crippen LogP contribution in [0.1, 0.15) is 18.5 Å². The monoisotopic (exact) mass is 559 g/mol. The van der Waals surface area contributed by atoms with Gasteiger partial charge in [0.1, 0.15) is 11.7 Å². The van der Waals surface area contributed by atoms with Gasteiger partial charge in [0.25, 0.3) is 5.91 Å². The minimum atomic E-state index is -0.884. The molecule has 0 aliphatic carbocycles. The average Bonchev–Trinajstić information content (AvgIpc) is 3.45. The first-order valence-corrected chi connectivity index (χ1v) is 12.4. The number of aromatic nitrogens is 2. The van der Waals surface area contributed by atoms with Crippen LogP contribution in [-0.4, -0.2) is 47.8 Å². The lowest BCUT2D eigenvalue weighted by molar-refractivity contribution is -0.118. The zero-order valence-corrected chi connectivity index (χ0v) is 22.2. The molecule has 12 heteroatoms. The maximum Gasteiger partial charge on any atom is 0.319 e. The molecule has 2 aliphatic rings. The molecular weight excluding hydrogens is 536 g/mol. The molecule has 2 unspecified atom stereocenters. The molecule has 3 atom stereocenters. The van der Waals surface area contributed by atoms with E-state index in [0.717, 1.165) is 0 Å². The molecule has 198 valence electrons. The van der Waals surface area contributed by atoms with Gasteiger partial charge in [0.05, 0.1) is 43.8 Å². The van der Waals surface area contributed by atoms with Crippen LogP contribution >= 0.6 is 23.2 Å². The number of carbonyl (C=O) groups is 1. The van der Waals surface area contributed by atoms with Gasteiger partial charge < -0.3 is 14.6 Å². The van der Waals surface area contributed by atoms with Crippen LogP contribution < -0.4 is 24.8 Å². The zero-order chi connectivity index (χ0) is 27.1. The second-order valence-corrected chi connectivity index (χ2v) is 9.65. The number of benzene rings is 2. The smallest absolute Gasteiger partial charge is 0.319 e. The standard InChI is InChI=1S/C26H24Cl2FN5O4/c1-13(12-35)22-19-21(32-34(22)18-11-30-26(38-3)31-24(18)37-2)25(36)33(17-6-4-5-16(28)20(17)29)23(19)14-7-9-15(27)10-8-14/h4-11,13,21,23,32,35H,12H2,1-3H3/t13?,21-,23?/m0/s1. The number of rotatable bonds is 7. The molecule has 2 aromatic carbocycles. The van der Waals surface area contributed by atoms with Gasteiger partial charge >= 0.3 is 6.01 Å². The van der Waals surface area contributed by atoms with E-state index in [1.165, 1.54) is 37.4 Å². The van der Waals surface area contributed by atoms with Crippen LogP contribution in [0.2, 0.25) is 10.0 Å². The molecule has 1 saturated heterocycles. The van der Waals surface area contributed by atoms with Crippen molar-refractivity contribution in [3.05, 3.63) is 81.4 Å². The number of hydrogen-bond donors (Lipinski definition) is 2.